The van der Waals surface area contributed by atoms with Gasteiger partial charge in [-0.05, 0) is 17.7 Å². The molecule has 96 valence electrons. The van der Waals surface area contributed by atoms with E-state index in [9.17, 15) is 13.2 Å². The van der Waals surface area contributed by atoms with Gasteiger partial charge in [-0.15, -0.1) is 0 Å². The van der Waals surface area contributed by atoms with Crippen LogP contribution < -0.4 is 10.5 Å². The molecule has 0 heterocycles. The van der Waals surface area contributed by atoms with Gasteiger partial charge in [0.05, 0.1) is 7.11 Å². The highest BCUT2D eigenvalue weighted by molar-refractivity contribution is 5.33. The van der Waals surface area contributed by atoms with Crippen LogP contribution in [0.5, 0.6) is 5.75 Å². The molecule has 2 N–H and O–H groups in total. The first-order valence-corrected chi connectivity index (χ1v) is 5.16. The van der Waals surface area contributed by atoms with Crippen LogP contribution in [0.25, 0.3) is 0 Å². The second-order valence-corrected chi connectivity index (χ2v) is 4.47. The number of hydrogen-bond donors (Lipinski definition) is 1. The van der Waals surface area contributed by atoms with Crippen molar-refractivity contribution in [3.63, 3.8) is 0 Å². The lowest BCUT2D eigenvalue weighted by molar-refractivity contribution is -0.160. The van der Waals surface area contributed by atoms with E-state index in [-0.39, 0.29) is 0 Å². The van der Waals surface area contributed by atoms with E-state index in [0.29, 0.717) is 11.3 Å². The standard InChI is InChI=1S/C12H16F3NO/c1-11(2,10(16)12(13,14)15)8-4-6-9(17-3)7-5-8/h4-7,10H,16H2,1-3H3. The maximum atomic E-state index is 12.6. The van der Waals surface area contributed by atoms with E-state index in [1.165, 1.54) is 21.0 Å². The van der Waals surface area contributed by atoms with Gasteiger partial charge in [0.1, 0.15) is 11.8 Å². The maximum Gasteiger partial charge on any atom is 0.404 e. The number of rotatable bonds is 3. The van der Waals surface area contributed by atoms with E-state index in [2.05, 4.69) is 0 Å². The molecule has 0 spiro atoms. The van der Waals surface area contributed by atoms with Gasteiger partial charge in [-0.3, -0.25) is 0 Å². The predicted molar refractivity (Wildman–Crippen MR) is 60.1 cm³/mol. The molecule has 0 saturated carbocycles. The van der Waals surface area contributed by atoms with Crippen molar-refractivity contribution in [2.75, 3.05) is 7.11 Å². The largest absolute Gasteiger partial charge is 0.497 e. The summed E-state index contributed by atoms with van der Waals surface area (Å²) >= 11 is 0. The van der Waals surface area contributed by atoms with Gasteiger partial charge < -0.3 is 10.5 Å². The number of alkyl halides is 3. The fraction of sp³-hybridized carbons (Fsp3) is 0.500. The molecule has 0 radical (unpaired) electrons. The maximum absolute atomic E-state index is 12.6. The van der Waals surface area contributed by atoms with Crippen LogP contribution in [0.1, 0.15) is 19.4 Å². The second kappa shape index (κ2) is 4.56. The lowest BCUT2D eigenvalue weighted by atomic mass is 9.78. The molecule has 0 aliphatic carbocycles. The Hall–Kier alpha value is -1.23. The third-order valence-electron chi connectivity index (χ3n) is 2.96. The van der Waals surface area contributed by atoms with Crippen LogP contribution in [0, 0.1) is 0 Å². The number of halogens is 3. The molecule has 1 unspecified atom stereocenters. The molecule has 0 bridgehead atoms. The van der Waals surface area contributed by atoms with Gasteiger partial charge in [0.15, 0.2) is 0 Å². The molecule has 2 nitrogen and oxygen atoms in total. The van der Waals surface area contributed by atoms with Gasteiger partial charge in [0, 0.05) is 5.41 Å². The fourth-order valence-electron chi connectivity index (χ4n) is 1.61. The average molecular weight is 247 g/mol. The summed E-state index contributed by atoms with van der Waals surface area (Å²) in [5.41, 5.74) is 4.63. The minimum Gasteiger partial charge on any atom is -0.497 e. The van der Waals surface area contributed by atoms with Crippen molar-refractivity contribution >= 4 is 0 Å². The van der Waals surface area contributed by atoms with E-state index < -0.39 is 17.6 Å². The highest BCUT2D eigenvalue weighted by atomic mass is 19.4. The summed E-state index contributed by atoms with van der Waals surface area (Å²) in [7, 11) is 1.50. The van der Waals surface area contributed by atoms with Gasteiger partial charge >= 0.3 is 6.18 Å². The van der Waals surface area contributed by atoms with E-state index in [4.69, 9.17) is 10.5 Å². The van der Waals surface area contributed by atoms with Gasteiger partial charge in [-0.2, -0.15) is 13.2 Å². The van der Waals surface area contributed by atoms with Crippen molar-refractivity contribution in [2.24, 2.45) is 5.73 Å². The Morgan fingerprint density at radius 3 is 1.94 bits per heavy atom. The summed E-state index contributed by atoms with van der Waals surface area (Å²) in [5.74, 6) is 0.602. The minimum atomic E-state index is -4.41. The lowest BCUT2D eigenvalue weighted by Crippen LogP contribution is -2.51. The summed E-state index contributed by atoms with van der Waals surface area (Å²) < 4.78 is 42.8. The summed E-state index contributed by atoms with van der Waals surface area (Å²) in [6, 6.07) is 4.55. The molecule has 5 heteroatoms. The molecular weight excluding hydrogens is 231 g/mol. The number of ether oxygens (including phenoxy) is 1. The van der Waals surface area contributed by atoms with Crippen molar-refractivity contribution in [3.8, 4) is 5.75 Å². The van der Waals surface area contributed by atoms with Gasteiger partial charge in [0.25, 0.3) is 0 Å². The molecule has 0 aliphatic rings. The monoisotopic (exact) mass is 247 g/mol. The normalized spacial score (nSPS) is 14.5. The Labute approximate surface area is 98.6 Å². The Kier molecular flexibility index (Phi) is 3.71. The van der Waals surface area contributed by atoms with Crippen molar-refractivity contribution in [1.29, 1.82) is 0 Å². The van der Waals surface area contributed by atoms with Crippen molar-refractivity contribution < 1.29 is 17.9 Å². The van der Waals surface area contributed by atoms with Gasteiger partial charge in [-0.25, -0.2) is 0 Å². The third-order valence-corrected chi connectivity index (χ3v) is 2.96. The molecule has 0 saturated heterocycles. The zero-order valence-electron chi connectivity index (χ0n) is 10.0. The molecule has 1 rings (SSSR count). The smallest absolute Gasteiger partial charge is 0.404 e. The first-order chi connectivity index (χ1) is 7.69. The predicted octanol–water partition coefficient (Wildman–Crippen LogP) is 2.86. The van der Waals surface area contributed by atoms with Crippen molar-refractivity contribution in [3.05, 3.63) is 29.8 Å². The zero-order chi connectivity index (χ0) is 13.3. The zero-order valence-corrected chi connectivity index (χ0v) is 10.0. The van der Waals surface area contributed by atoms with E-state index in [0.717, 1.165) is 0 Å². The molecule has 1 aromatic rings. The fourth-order valence-corrected chi connectivity index (χ4v) is 1.61. The van der Waals surface area contributed by atoms with Crippen LogP contribution in [0.4, 0.5) is 13.2 Å². The first kappa shape index (κ1) is 13.8. The molecule has 1 aromatic carbocycles. The number of nitrogens with two attached hydrogens (primary N) is 1. The number of hydrogen-bond acceptors (Lipinski definition) is 2. The summed E-state index contributed by atoms with van der Waals surface area (Å²) in [6.07, 6.45) is -4.41. The van der Waals surface area contributed by atoms with Gasteiger partial charge in [0.2, 0.25) is 0 Å². The molecule has 0 amide bonds. The van der Waals surface area contributed by atoms with Crippen LogP contribution in [0.3, 0.4) is 0 Å². The summed E-state index contributed by atoms with van der Waals surface area (Å²) in [4.78, 5) is 0. The highest BCUT2D eigenvalue weighted by Gasteiger charge is 2.47. The van der Waals surface area contributed by atoms with E-state index in [1.807, 2.05) is 0 Å². The van der Waals surface area contributed by atoms with Crippen LogP contribution in [-0.4, -0.2) is 19.3 Å². The van der Waals surface area contributed by atoms with Gasteiger partial charge in [-0.1, -0.05) is 26.0 Å². The third kappa shape index (κ3) is 2.91. The molecular formula is C12H16F3NO. The van der Waals surface area contributed by atoms with Crippen molar-refractivity contribution in [2.45, 2.75) is 31.5 Å². The van der Waals surface area contributed by atoms with Crippen molar-refractivity contribution in [1.82, 2.24) is 0 Å². The molecule has 1 atom stereocenters. The Balaban J connectivity index is 3.03. The first-order valence-electron chi connectivity index (χ1n) is 5.16. The SMILES string of the molecule is COc1ccc(C(C)(C)C(N)C(F)(F)F)cc1. The Morgan fingerprint density at radius 1 is 1.12 bits per heavy atom. The summed E-state index contributed by atoms with van der Waals surface area (Å²) in [6.45, 7) is 2.96. The minimum absolute atomic E-state index is 0.531. The molecule has 17 heavy (non-hydrogen) atoms. The summed E-state index contributed by atoms with van der Waals surface area (Å²) in [5, 5.41) is 0. The van der Waals surface area contributed by atoms with Crippen LogP contribution in [0.15, 0.2) is 24.3 Å². The number of benzene rings is 1. The van der Waals surface area contributed by atoms with Crippen LogP contribution >= 0.6 is 0 Å². The van der Waals surface area contributed by atoms with E-state index in [1.54, 1.807) is 24.3 Å². The van der Waals surface area contributed by atoms with E-state index >= 15 is 0 Å². The van der Waals surface area contributed by atoms with Crippen LogP contribution in [-0.2, 0) is 5.41 Å². The highest BCUT2D eigenvalue weighted by Crippen LogP contribution is 2.35. The number of methoxy groups -OCH3 is 1. The second-order valence-electron chi connectivity index (χ2n) is 4.47. The average Bonchev–Trinajstić information content (AvgIpc) is 2.27. The lowest BCUT2D eigenvalue weighted by Gasteiger charge is -2.33. The molecule has 0 aromatic heterocycles. The molecule has 0 aliphatic heterocycles. The van der Waals surface area contributed by atoms with Crippen LogP contribution in [0.2, 0.25) is 0 Å². The molecule has 0 fully saturated rings. The Bertz CT molecular complexity index is 370. The topological polar surface area (TPSA) is 35.2 Å². The quantitative estimate of drug-likeness (QED) is 0.891. The Morgan fingerprint density at radius 2 is 1.59 bits per heavy atom.